The topological polar surface area (TPSA) is 72.4 Å². The van der Waals surface area contributed by atoms with Gasteiger partial charge in [-0.1, -0.05) is 17.3 Å². The van der Waals surface area contributed by atoms with Crippen LogP contribution in [-0.2, 0) is 17.6 Å². The van der Waals surface area contributed by atoms with Crippen molar-refractivity contribution in [2.75, 3.05) is 11.4 Å². The molecule has 1 aliphatic heterocycles. The fraction of sp³-hybridized carbons (Fsp3) is 0.350. The summed E-state index contributed by atoms with van der Waals surface area (Å²) >= 11 is 3.27. The van der Waals surface area contributed by atoms with Gasteiger partial charge in [0.2, 0.25) is 5.91 Å². The number of hydrogen-bond acceptors (Lipinski definition) is 5. The van der Waals surface area contributed by atoms with Crippen molar-refractivity contribution in [1.29, 1.82) is 0 Å². The Morgan fingerprint density at radius 3 is 2.89 bits per heavy atom. The van der Waals surface area contributed by atoms with Gasteiger partial charge >= 0.3 is 0 Å². The monoisotopic (exact) mass is 427 g/mol. The standard InChI is InChI=1S/C20H18BrN3O3/c21-17-9-8-16(26-17)20-22-19(23-27-20)13-10-18(25)24(11-13)15-7-3-5-12-4-1-2-6-14(12)15/h3,5,7-9,13H,1-2,4,6,10-11H2. The number of fused-ring (bicyclic) bond motifs is 1. The smallest absolute Gasteiger partial charge is 0.293 e. The van der Waals surface area contributed by atoms with Crippen molar-refractivity contribution in [3.8, 4) is 11.7 Å². The van der Waals surface area contributed by atoms with E-state index in [0.717, 1.165) is 18.5 Å². The number of carbonyl (C=O) groups is 1. The molecule has 2 aromatic heterocycles. The quantitative estimate of drug-likeness (QED) is 0.615. The second kappa shape index (κ2) is 6.64. The maximum absolute atomic E-state index is 12.7. The van der Waals surface area contributed by atoms with Crippen molar-refractivity contribution in [2.24, 2.45) is 0 Å². The number of rotatable bonds is 3. The minimum absolute atomic E-state index is 0.0761. The number of hydrogen-bond donors (Lipinski definition) is 0. The molecule has 1 unspecified atom stereocenters. The number of nitrogens with zero attached hydrogens (tertiary/aromatic N) is 3. The van der Waals surface area contributed by atoms with E-state index in [9.17, 15) is 4.79 Å². The van der Waals surface area contributed by atoms with E-state index in [4.69, 9.17) is 8.94 Å². The minimum Gasteiger partial charge on any atom is -0.444 e. The predicted molar refractivity (Wildman–Crippen MR) is 102 cm³/mol. The van der Waals surface area contributed by atoms with Crippen LogP contribution in [0, 0.1) is 0 Å². The second-order valence-electron chi connectivity index (χ2n) is 7.09. The van der Waals surface area contributed by atoms with Crippen LogP contribution in [0.1, 0.15) is 42.1 Å². The minimum atomic E-state index is -0.0761. The van der Waals surface area contributed by atoms with Crippen LogP contribution in [0.5, 0.6) is 0 Å². The fourth-order valence-corrected chi connectivity index (χ4v) is 4.36. The lowest BCUT2D eigenvalue weighted by Crippen LogP contribution is -2.26. The number of halogens is 1. The molecule has 0 bridgehead atoms. The molecule has 0 spiro atoms. The van der Waals surface area contributed by atoms with Crippen LogP contribution in [0.2, 0.25) is 0 Å². The Morgan fingerprint density at radius 1 is 1.15 bits per heavy atom. The lowest BCUT2D eigenvalue weighted by Gasteiger charge is -2.25. The molecular formula is C20H18BrN3O3. The molecule has 0 saturated carbocycles. The number of furan rings is 1. The van der Waals surface area contributed by atoms with Crippen molar-refractivity contribution in [1.82, 2.24) is 10.1 Å². The summed E-state index contributed by atoms with van der Waals surface area (Å²) in [4.78, 5) is 19.1. The SMILES string of the molecule is O=C1CC(c2noc(-c3ccc(Br)o3)n2)CN1c1cccc2c1CCCC2. The van der Waals surface area contributed by atoms with E-state index in [1.165, 1.54) is 24.0 Å². The molecule has 0 N–H and O–H groups in total. The summed E-state index contributed by atoms with van der Waals surface area (Å²) < 4.78 is 11.4. The number of amides is 1. The zero-order valence-electron chi connectivity index (χ0n) is 14.7. The summed E-state index contributed by atoms with van der Waals surface area (Å²) in [5.41, 5.74) is 3.76. The lowest BCUT2D eigenvalue weighted by molar-refractivity contribution is -0.117. The highest BCUT2D eigenvalue weighted by atomic mass is 79.9. The molecule has 1 amide bonds. The number of carbonyl (C=O) groups excluding carboxylic acids is 1. The Labute approximate surface area is 164 Å². The highest BCUT2D eigenvalue weighted by Gasteiger charge is 2.36. The van der Waals surface area contributed by atoms with E-state index in [0.29, 0.717) is 35.1 Å². The van der Waals surface area contributed by atoms with E-state index in [1.807, 2.05) is 4.90 Å². The summed E-state index contributed by atoms with van der Waals surface area (Å²) in [5, 5.41) is 4.09. The van der Waals surface area contributed by atoms with Gasteiger partial charge in [-0.25, -0.2) is 0 Å². The van der Waals surface area contributed by atoms with Gasteiger partial charge in [-0.2, -0.15) is 4.98 Å². The third-order valence-electron chi connectivity index (χ3n) is 5.38. The maximum atomic E-state index is 12.7. The van der Waals surface area contributed by atoms with Crippen LogP contribution in [0.25, 0.3) is 11.7 Å². The van der Waals surface area contributed by atoms with Crippen molar-refractivity contribution >= 4 is 27.5 Å². The first kappa shape index (κ1) is 16.7. The van der Waals surface area contributed by atoms with Crippen molar-refractivity contribution in [3.63, 3.8) is 0 Å². The molecule has 138 valence electrons. The summed E-state index contributed by atoms with van der Waals surface area (Å²) in [6.45, 7) is 0.579. The zero-order valence-corrected chi connectivity index (χ0v) is 16.2. The van der Waals surface area contributed by atoms with Gasteiger partial charge in [-0.3, -0.25) is 4.79 Å². The largest absolute Gasteiger partial charge is 0.444 e. The van der Waals surface area contributed by atoms with E-state index in [2.05, 4.69) is 44.3 Å². The highest BCUT2D eigenvalue weighted by molar-refractivity contribution is 9.10. The lowest BCUT2D eigenvalue weighted by atomic mass is 9.90. The van der Waals surface area contributed by atoms with Gasteiger partial charge in [0, 0.05) is 24.6 Å². The Kier molecular flexibility index (Phi) is 4.11. The van der Waals surface area contributed by atoms with Gasteiger partial charge in [-0.05, 0) is 70.9 Å². The van der Waals surface area contributed by atoms with Crippen molar-refractivity contribution < 1.29 is 13.7 Å². The van der Waals surface area contributed by atoms with Crippen molar-refractivity contribution in [3.05, 3.63) is 52.0 Å². The van der Waals surface area contributed by atoms with E-state index in [-0.39, 0.29) is 11.8 Å². The molecule has 1 aromatic carbocycles. The maximum Gasteiger partial charge on any atom is 0.293 e. The Hall–Kier alpha value is -2.41. The number of benzene rings is 1. The van der Waals surface area contributed by atoms with Crippen LogP contribution in [0.4, 0.5) is 5.69 Å². The summed E-state index contributed by atoms with van der Waals surface area (Å²) in [5.74, 6) is 1.44. The number of aromatic nitrogens is 2. The first-order valence-electron chi connectivity index (χ1n) is 9.19. The van der Waals surface area contributed by atoms with E-state index >= 15 is 0 Å². The average molecular weight is 428 g/mol. The van der Waals surface area contributed by atoms with Gasteiger partial charge in [-0.15, -0.1) is 0 Å². The average Bonchev–Trinajstić information content (AvgIpc) is 3.40. The van der Waals surface area contributed by atoms with E-state index in [1.54, 1.807) is 12.1 Å². The van der Waals surface area contributed by atoms with Crippen LogP contribution in [-0.4, -0.2) is 22.6 Å². The van der Waals surface area contributed by atoms with E-state index < -0.39 is 0 Å². The first-order chi connectivity index (χ1) is 13.2. The summed E-state index contributed by atoms with van der Waals surface area (Å²) in [6, 6.07) is 9.85. The molecule has 1 saturated heterocycles. The zero-order chi connectivity index (χ0) is 18.4. The molecule has 3 heterocycles. The van der Waals surface area contributed by atoms with Gasteiger partial charge in [0.1, 0.15) is 0 Å². The third-order valence-corrected chi connectivity index (χ3v) is 5.80. The first-order valence-corrected chi connectivity index (χ1v) is 9.99. The Morgan fingerprint density at radius 2 is 2.04 bits per heavy atom. The molecule has 3 aromatic rings. The van der Waals surface area contributed by atoms with Crippen LogP contribution < -0.4 is 4.90 Å². The molecule has 1 atom stereocenters. The van der Waals surface area contributed by atoms with Crippen molar-refractivity contribution in [2.45, 2.75) is 38.0 Å². The Bertz CT molecular complexity index is 1010. The second-order valence-corrected chi connectivity index (χ2v) is 7.87. The third kappa shape index (κ3) is 3.00. The molecule has 7 heteroatoms. The molecule has 2 aliphatic rings. The van der Waals surface area contributed by atoms with Crippen LogP contribution >= 0.6 is 15.9 Å². The molecule has 0 radical (unpaired) electrons. The predicted octanol–water partition coefficient (Wildman–Crippen LogP) is 4.49. The summed E-state index contributed by atoms with van der Waals surface area (Å²) in [7, 11) is 0. The summed E-state index contributed by atoms with van der Waals surface area (Å²) in [6.07, 6.45) is 4.94. The number of anilines is 1. The van der Waals surface area contributed by atoms with Gasteiger partial charge in [0.15, 0.2) is 16.3 Å². The van der Waals surface area contributed by atoms with Crippen LogP contribution in [0.3, 0.4) is 0 Å². The van der Waals surface area contributed by atoms with Gasteiger partial charge in [0.05, 0.1) is 0 Å². The van der Waals surface area contributed by atoms with Gasteiger partial charge in [0.25, 0.3) is 5.89 Å². The highest BCUT2D eigenvalue weighted by Crippen LogP contribution is 2.36. The molecule has 1 fully saturated rings. The molecule has 5 rings (SSSR count). The molecule has 27 heavy (non-hydrogen) atoms. The fourth-order valence-electron chi connectivity index (χ4n) is 4.06. The normalized spacial score (nSPS) is 19.5. The van der Waals surface area contributed by atoms with Crippen LogP contribution in [0.15, 0.2) is 43.9 Å². The number of aryl methyl sites for hydroxylation is 1. The van der Waals surface area contributed by atoms with Gasteiger partial charge < -0.3 is 13.8 Å². The molecule has 1 aliphatic carbocycles. The molecule has 6 nitrogen and oxygen atoms in total. The Balaban J connectivity index is 1.41. The molecular weight excluding hydrogens is 410 g/mol.